The van der Waals surface area contributed by atoms with Gasteiger partial charge in [0.2, 0.25) is 0 Å². The number of hydrogen-bond donors (Lipinski definition) is 2. The minimum Gasteiger partial charge on any atom is -0.507 e. The van der Waals surface area contributed by atoms with Crippen LogP contribution in [0.4, 0.5) is 0 Å². The van der Waals surface area contributed by atoms with Gasteiger partial charge in [0.15, 0.2) is 0 Å². The summed E-state index contributed by atoms with van der Waals surface area (Å²) in [6.45, 7) is 0.459. The average molecular weight is 239 g/mol. The number of benzene rings is 1. The second-order valence-corrected chi connectivity index (χ2v) is 2.84. The van der Waals surface area contributed by atoms with Gasteiger partial charge in [0.05, 0.1) is 4.47 Å². The summed E-state index contributed by atoms with van der Waals surface area (Å²) in [5, 5.41) is 9.13. The minimum absolute atomic E-state index is 0. The Morgan fingerprint density at radius 1 is 1.45 bits per heavy atom. The zero-order valence-corrected chi connectivity index (χ0v) is 8.15. The monoisotopic (exact) mass is 237 g/mol. The fraction of sp³-hybridized carbons (Fsp3) is 0.143. The van der Waals surface area contributed by atoms with Crippen LogP contribution in [-0.4, -0.2) is 5.11 Å². The molecule has 0 unspecified atom stereocenters. The average Bonchev–Trinajstić information content (AvgIpc) is 1.95. The van der Waals surface area contributed by atoms with E-state index in [1.807, 2.05) is 6.07 Å². The van der Waals surface area contributed by atoms with Gasteiger partial charge in [0, 0.05) is 6.54 Å². The van der Waals surface area contributed by atoms with E-state index in [1.54, 1.807) is 12.1 Å². The van der Waals surface area contributed by atoms with Crippen LogP contribution in [0, 0.1) is 0 Å². The van der Waals surface area contributed by atoms with Gasteiger partial charge in [-0.1, -0.05) is 6.07 Å². The number of rotatable bonds is 1. The Balaban J connectivity index is 0.000001000. The fourth-order valence-corrected chi connectivity index (χ4v) is 0.932. The van der Waals surface area contributed by atoms with Crippen LogP contribution in [-0.2, 0) is 6.54 Å². The quantitative estimate of drug-likeness (QED) is 0.786. The van der Waals surface area contributed by atoms with Crippen molar-refractivity contribution in [3.8, 4) is 5.75 Å². The van der Waals surface area contributed by atoms with E-state index in [0.29, 0.717) is 11.0 Å². The van der Waals surface area contributed by atoms with Crippen LogP contribution >= 0.6 is 28.3 Å². The molecule has 0 atom stereocenters. The molecule has 0 aliphatic carbocycles. The molecule has 0 aliphatic heterocycles. The Morgan fingerprint density at radius 3 is 2.55 bits per heavy atom. The molecule has 0 radical (unpaired) electrons. The maximum absolute atomic E-state index is 9.13. The van der Waals surface area contributed by atoms with E-state index in [-0.39, 0.29) is 18.2 Å². The van der Waals surface area contributed by atoms with Crippen LogP contribution in [0.3, 0.4) is 0 Å². The number of halogens is 2. The van der Waals surface area contributed by atoms with Gasteiger partial charge in [0.25, 0.3) is 0 Å². The molecular weight excluding hydrogens is 229 g/mol. The molecule has 0 saturated heterocycles. The van der Waals surface area contributed by atoms with Crippen LogP contribution in [0.5, 0.6) is 5.75 Å². The molecule has 0 spiro atoms. The van der Waals surface area contributed by atoms with E-state index in [0.717, 1.165) is 5.56 Å². The number of phenols is 1. The Morgan fingerprint density at radius 2 is 2.09 bits per heavy atom. The molecule has 2 nitrogen and oxygen atoms in total. The first-order valence-electron chi connectivity index (χ1n) is 2.91. The van der Waals surface area contributed by atoms with Gasteiger partial charge in [-0.15, -0.1) is 12.4 Å². The highest BCUT2D eigenvalue weighted by Crippen LogP contribution is 2.23. The number of phenolic OH excluding ortho intramolecular Hbond substituents is 1. The molecular formula is C7H9BrClNO. The molecule has 3 N–H and O–H groups in total. The van der Waals surface area contributed by atoms with Crippen molar-refractivity contribution in [3.63, 3.8) is 0 Å². The highest BCUT2D eigenvalue weighted by molar-refractivity contribution is 9.10. The van der Waals surface area contributed by atoms with E-state index in [2.05, 4.69) is 15.9 Å². The largest absolute Gasteiger partial charge is 0.507 e. The summed E-state index contributed by atoms with van der Waals surface area (Å²) in [4.78, 5) is 0. The van der Waals surface area contributed by atoms with E-state index in [9.17, 15) is 0 Å². The molecule has 0 aliphatic rings. The van der Waals surface area contributed by atoms with Crippen molar-refractivity contribution in [1.82, 2.24) is 0 Å². The minimum atomic E-state index is 0. The Bertz CT molecular complexity index is 242. The molecule has 11 heavy (non-hydrogen) atoms. The van der Waals surface area contributed by atoms with Crippen LogP contribution in [0.2, 0.25) is 0 Å². The maximum Gasteiger partial charge on any atom is 0.130 e. The third-order valence-electron chi connectivity index (χ3n) is 1.25. The molecule has 0 aromatic heterocycles. The van der Waals surface area contributed by atoms with Crippen molar-refractivity contribution in [2.24, 2.45) is 5.73 Å². The van der Waals surface area contributed by atoms with Gasteiger partial charge in [0.1, 0.15) is 5.75 Å². The first kappa shape index (κ1) is 10.8. The smallest absolute Gasteiger partial charge is 0.130 e. The van der Waals surface area contributed by atoms with Crippen molar-refractivity contribution in [3.05, 3.63) is 28.2 Å². The zero-order valence-electron chi connectivity index (χ0n) is 5.75. The molecule has 4 heteroatoms. The van der Waals surface area contributed by atoms with Crippen molar-refractivity contribution in [1.29, 1.82) is 0 Å². The molecule has 1 rings (SSSR count). The maximum atomic E-state index is 9.13. The molecule has 62 valence electrons. The Hall–Kier alpha value is -0.250. The first-order valence-corrected chi connectivity index (χ1v) is 3.71. The first-order chi connectivity index (χ1) is 4.74. The van der Waals surface area contributed by atoms with Crippen molar-refractivity contribution in [2.75, 3.05) is 0 Å². The SMILES string of the molecule is Cl.NCc1ccc(Br)c(O)c1. The van der Waals surface area contributed by atoms with Gasteiger partial charge < -0.3 is 10.8 Å². The number of nitrogens with two attached hydrogens (primary N) is 1. The summed E-state index contributed by atoms with van der Waals surface area (Å²) in [6.07, 6.45) is 0. The van der Waals surface area contributed by atoms with Crippen molar-refractivity contribution < 1.29 is 5.11 Å². The Kier molecular flexibility index (Phi) is 4.49. The Labute approximate surface area is 80.0 Å². The van der Waals surface area contributed by atoms with Crippen LogP contribution < -0.4 is 5.73 Å². The van der Waals surface area contributed by atoms with Crippen molar-refractivity contribution in [2.45, 2.75) is 6.54 Å². The van der Waals surface area contributed by atoms with Crippen LogP contribution in [0.1, 0.15) is 5.56 Å². The zero-order chi connectivity index (χ0) is 7.56. The summed E-state index contributed by atoms with van der Waals surface area (Å²) in [5.74, 6) is 0.239. The predicted octanol–water partition coefficient (Wildman–Crippen LogP) is 2.04. The van der Waals surface area contributed by atoms with Gasteiger partial charge in [-0.05, 0) is 33.6 Å². The lowest BCUT2D eigenvalue weighted by Crippen LogP contribution is -1.94. The lowest BCUT2D eigenvalue weighted by atomic mass is 10.2. The topological polar surface area (TPSA) is 46.2 Å². The highest BCUT2D eigenvalue weighted by Gasteiger charge is 1.96. The molecule has 0 bridgehead atoms. The summed E-state index contributed by atoms with van der Waals surface area (Å²) in [7, 11) is 0. The molecule has 0 amide bonds. The van der Waals surface area contributed by atoms with Gasteiger partial charge in [-0.25, -0.2) is 0 Å². The third-order valence-corrected chi connectivity index (χ3v) is 1.92. The standard InChI is InChI=1S/C7H8BrNO.ClH/c8-6-2-1-5(4-9)3-7(6)10;/h1-3,10H,4,9H2;1H. The summed E-state index contributed by atoms with van der Waals surface area (Å²) >= 11 is 3.17. The van der Waals surface area contributed by atoms with Crippen LogP contribution in [0.15, 0.2) is 22.7 Å². The van der Waals surface area contributed by atoms with E-state index < -0.39 is 0 Å². The highest BCUT2D eigenvalue weighted by atomic mass is 79.9. The summed E-state index contributed by atoms with van der Waals surface area (Å²) in [6, 6.07) is 5.28. The fourth-order valence-electron chi connectivity index (χ4n) is 0.685. The lowest BCUT2D eigenvalue weighted by molar-refractivity contribution is 0.471. The van der Waals surface area contributed by atoms with E-state index in [1.165, 1.54) is 0 Å². The number of aromatic hydroxyl groups is 1. The molecule has 0 fully saturated rings. The van der Waals surface area contributed by atoms with Gasteiger partial charge >= 0.3 is 0 Å². The molecule has 0 saturated carbocycles. The van der Waals surface area contributed by atoms with Gasteiger partial charge in [-0.2, -0.15) is 0 Å². The van der Waals surface area contributed by atoms with E-state index >= 15 is 0 Å². The van der Waals surface area contributed by atoms with Crippen molar-refractivity contribution >= 4 is 28.3 Å². The normalized spacial score (nSPS) is 8.91. The lowest BCUT2D eigenvalue weighted by Gasteiger charge is -1.98. The second kappa shape index (κ2) is 4.59. The molecule has 1 aromatic carbocycles. The van der Waals surface area contributed by atoms with Crippen LogP contribution in [0.25, 0.3) is 0 Å². The summed E-state index contributed by atoms with van der Waals surface area (Å²) < 4.78 is 0.699. The third kappa shape index (κ3) is 2.69. The summed E-state index contributed by atoms with van der Waals surface area (Å²) in [5.41, 5.74) is 6.27. The number of hydrogen-bond acceptors (Lipinski definition) is 2. The second-order valence-electron chi connectivity index (χ2n) is 1.99. The van der Waals surface area contributed by atoms with Gasteiger partial charge in [-0.3, -0.25) is 0 Å². The van der Waals surface area contributed by atoms with E-state index in [4.69, 9.17) is 10.8 Å². The predicted molar refractivity (Wildman–Crippen MR) is 50.9 cm³/mol. The molecule has 1 aromatic rings. The molecule has 0 heterocycles.